The molecule has 2 saturated carbocycles. The fourth-order valence-electron chi connectivity index (χ4n) is 8.75. The molecule has 2 aromatic carbocycles. The van der Waals surface area contributed by atoms with Crippen molar-refractivity contribution < 1.29 is 27.4 Å². The number of hydrogen-bond acceptors (Lipinski definition) is 9. The van der Waals surface area contributed by atoms with E-state index < -0.39 is 36.0 Å². The summed E-state index contributed by atoms with van der Waals surface area (Å²) >= 11 is 6.15. The molecule has 3 fully saturated rings. The van der Waals surface area contributed by atoms with Gasteiger partial charge in [-0.25, -0.2) is 13.2 Å². The first kappa shape index (κ1) is 35.5. The number of fused-ring (bicyclic) bond motifs is 1. The lowest BCUT2D eigenvalue weighted by atomic mass is 9.61. The maximum absolute atomic E-state index is 15.5. The molecule has 0 atom stereocenters. The smallest absolute Gasteiger partial charge is 0.282 e. The molecule has 8 rings (SSSR count). The monoisotopic (exact) mass is 747 g/mol. The number of ether oxygens (including phenoxy) is 2. The number of hydrogen-bond donors (Lipinski definition) is 0. The van der Waals surface area contributed by atoms with Gasteiger partial charge in [0.2, 0.25) is 5.28 Å². The van der Waals surface area contributed by atoms with Crippen molar-refractivity contribution in [2.45, 2.75) is 89.6 Å². The lowest BCUT2D eigenvalue weighted by Crippen LogP contribution is -2.65. The highest BCUT2D eigenvalue weighted by atomic mass is 35.5. The van der Waals surface area contributed by atoms with Crippen molar-refractivity contribution in [2.75, 3.05) is 24.5 Å². The minimum Gasteiger partial charge on any atom is -0.490 e. The molecule has 0 radical (unpaired) electrons. The second-order valence-corrected chi connectivity index (χ2v) is 16.0. The van der Waals surface area contributed by atoms with Crippen molar-refractivity contribution in [2.24, 2.45) is 5.41 Å². The van der Waals surface area contributed by atoms with Crippen molar-refractivity contribution in [3.63, 3.8) is 0 Å². The molecular weight excluding hydrogens is 707 g/mol. The van der Waals surface area contributed by atoms with E-state index in [1.54, 1.807) is 20.8 Å². The Balaban J connectivity index is 0.898. The average molecular weight is 748 g/mol. The SMILES string of the molecule is CC(C)N(C(=O)c1ccc(Oc2nnc(Cl)nc2N2CC3(CC(Oc4ccnc5c4CN(Cc4ccccc4)CC5)C3)C2)c(F)c1)C1(C)CC(F)(F)C1. The molecule has 0 unspecified atom stereocenters. The quantitative estimate of drug-likeness (QED) is 0.164. The molecule has 1 amide bonds. The van der Waals surface area contributed by atoms with E-state index in [-0.39, 0.29) is 40.0 Å². The Labute approximate surface area is 311 Å². The second-order valence-electron chi connectivity index (χ2n) is 15.6. The summed E-state index contributed by atoms with van der Waals surface area (Å²) in [7, 11) is 0. The summed E-state index contributed by atoms with van der Waals surface area (Å²) in [6.07, 6.45) is 3.64. The average Bonchev–Trinajstić information content (AvgIpc) is 3.06. The van der Waals surface area contributed by atoms with E-state index in [9.17, 15) is 13.6 Å². The molecule has 10 nitrogen and oxygen atoms in total. The van der Waals surface area contributed by atoms with Gasteiger partial charge in [-0.15, -0.1) is 10.2 Å². The van der Waals surface area contributed by atoms with Crippen molar-refractivity contribution >= 4 is 23.3 Å². The summed E-state index contributed by atoms with van der Waals surface area (Å²) < 4.78 is 55.6. The van der Waals surface area contributed by atoms with Gasteiger partial charge in [-0.05, 0) is 75.0 Å². The molecule has 4 aromatic rings. The molecule has 1 spiro atoms. The summed E-state index contributed by atoms with van der Waals surface area (Å²) in [5.74, 6) is -3.14. The normalized spacial score (nSPS) is 19.9. The fraction of sp³-hybridized carbons (Fsp3) is 0.462. The van der Waals surface area contributed by atoms with E-state index in [2.05, 4.69) is 49.3 Å². The van der Waals surface area contributed by atoms with E-state index in [1.165, 1.54) is 22.6 Å². The number of benzene rings is 2. The van der Waals surface area contributed by atoms with Gasteiger partial charge in [-0.3, -0.25) is 14.7 Å². The van der Waals surface area contributed by atoms with Crippen LogP contribution in [-0.4, -0.2) is 79.1 Å². The zero-order valence-corrected chi connectivity index (χ0v) is 30.6. The molecule has 4 heterocycles. The Morgan fingerprint density at radius 3 is 2.51 bits per heavy atom. The number of carbonyl (C=O) groups excluding carboxylic acids is 1. The summed E-state index contributed by atoms with van der Waals surface area (Å²) in [5, 5.41) is 7.82. The molecule has 278 valence electrons. The summed E-state index contributed by atoms with van der Waals surface area (Å²) in [6, 6.07) is 15.9. The van der Waals surface area contributed by atoms with Gasteiger partial charge in [0.05, 0.1) is 5.54 Å². The first-order valence-electron chi connectivity index (χ1n) is 18.0. The van der Waals surface area contributed by atoms with Crippen LogP contribution >= 0.6 is 11.6 Å². The van der Waals surface area contributed by atoms with Crippen LogP contribution in [0.2, 0.25) is 5.28 Å². The number of nitrogens with zero attached hydrogens (tertiary/aromatic N) is 7. The first-order valence-corrected chi connectivity index (χ1v) is 18.4. The highest BCUT2D eigenvalue weighted by Crippen LogP contribution is 2.52. The Kier molecular flexibility index (Phi) is 9.00. The summed E-state index contributed by atoms with van der Waals surface area (Å²) in [5.41, 5.74) is 2.58. The van der Waals surface area contributed by atoms with E-state index in [0.717, 1.165) is 62.0 Å². The van der Waals surface area contributed by atoms with Gasteiger partial charge in [-0.1, -0.05) is 30.3 Å². The van der Waals surface area contributed by atoms with Crippen LogP contribution in [-0.2, 0) is 19.5 Å². The topological polar surface area (TPSA) is 96.8 Å². The minimum absolute atomic E-state index is 0.0224. The Morgan fingerprint density at radius 1 is 1.06 bits per heavy atom. The third kappa shape index (κ3) is 7.01. The maximum Gasteiger partial charge on any atom is 0.282 e. The standard InChI is InChI=1S/C39H41ClF3N7O3/c1-24(2)50(37(3)20-39(42,43)21-37)35(51)26-9-10-32(29(41)15-26)53-34-33(45-36(40)47-46-34)49-22-38(23-49)16-27(17-38)52-31-11-13-44-30-12-14-48(19-28(30)31)18-25-7-5-4-6-8-25/h4-11,13,15,24,27H,12,14,16-23H2,1-3H3. The van der Waals surface area contributed by atoms with Gasteiger partial charge >= 0.3 is 0 Å². The van der Waals surface area contributed by atoms with Crippen LogP contribution in [0.25, 0.3) is 0 Å². The van der Waals surface area contributed by atoms with Gasteiger partial charge < -0.3 is 19.3 Å². The molecule has 4 aliphatic rings. The zero-order chi connectivity index (χ0) is 37.1. The van der Waals surface area contributed by atoms with Gasteiger partial charge in [0, 0.05) is 86.5 Å². The predicted molar refractivity (Wildman–Crippen MR) is 192 cm³/mol. The minimum atomic E-state index is -2.83. The summed E-state index contributed by atoms with van der Waals surface area (Å²) in [4.78, 5) is 28.3. The zero-order valence-electron chi connectivity index (χ0n) is 29.9. The van der Waals surface area contributed by atoms with Crippen LogP contribution in [0.1, 0.15) is 73.6 Å². The second kappa shape index (κ2) is 13.4. The van der Waals surface area contributed by atoms with Gasteiger partial charge in [0.25, 0.3) is 17.7 Å². The van der Waals surface area contributed by atoms with Gasteiger partial charge in [0.15, 0.2) is 17.4 Å². The number of carbonyl (C=O) groups is 1. The van der Waals surface area contributed by atoms with Crippen LogP contribution in [0, 0.1) is 11.2 Å². The van der Waals surface area contributed by atoms with E-state index in [4.69, 9.17) is 21.1 Å². The molecule has 2 aliphatic heterocycles. The molecular formula is C39H41ClF3N7O3. The first-order chi connectivity index (χ1) is 25.3. The van der Waals surface area contributed by atoms with E-state index >= 15 is 4.39 Å². The molecule has 1 saturated heterocycles. The lowest BCUT2D eigenvalue weighted by Gasteiger charge is -2.58. The van der Waals surface area contributed by atoms with Crippen LogP contribution in [0.15, 0.2) is 60.8 Å². The van der Waals surface area contributed by atoms with Crippen molar-refractivity contribution in [3.8, 4) is 17.4 Å². The highest BCUT2D eigenvalue weighted by molar-refractivity contribution is 6.28. The number of aromatic nitrogens is 4. The van der Waals surface area contributed by atoms with Crippen LogP contribution in [0.3, 0.4) is 0 Å². The van der Waals surface area contributed by atoms with Crippen LogP contribution in [0.5, 0.6) is 17.4 Å². The Morgan fingerprint density at radius 2 is 1.81 bits per heavy atom. The largest absolute Gasteiger partial charge is 0.490 e. The molecule has 14 heteroatoms. The molecule has 2 aromatic heterocycles. The van der Waals surface area contributed by atoms with E-state index in [1.807, 2.05) is 23.2 Å². The number of anilines is 1. The number of halogens is 4. The molecule has 53 heavy (non-hydrogen) atoms. The van der Waals surface area contributed by atoms with E-state index in [0.29, 0.717) is 18.9 Å². The van der Waals surface area contributed by atoms with Crippen LogP contribution in [0.4, 0.5) is 19.0 Å². The predicted octanol–water partition coefficient (Wildman–Crippen LogP) is 7.50. The van der Waals surface area contributed by atoms with Gasteiger partial charge in [0.1, 0.15) is 11.9 Å². The summed E-state index contributed by atoms with van der Waals surface area (Å²) in [6.45, 7) is 9.09. The third-order valence-electron chi connectivity index (χ3n) is 11.0. The highest BCUT2D eigenvalue weighted by Gasteiger charge is 2.58. The van der Waals surface area contributed by atoms with Crippen molar-refractivity contribution in [1.29, 1.82) is 0 Å². The molecule has 0 N–H and O–H groups in total. The number of amides is 1. The maximum atomic E-state index is 15.5. The Bertz CT molecular complexity index is 2010. The molecule has 2 aliphatic carbocycles. The van der Waals surface area contributed by atoms with Crippen molar-refractivity contribution in [3.05, 3.63) is 94.3 Å². The molecule has 0 bridgehead atoms. The number of rotatable bonds is 10. The lowest BCUT2D eigenvalue weighted by molar-refractivity contribution is -0.163. The van der Waals surface area contributed by atoms with Gasteiger partial charge in [-0.2, -0.15) is 4.98 Å². The number of alkyl halides is 2. The van der Waals surface area contributed by atoms with Crippen LogP contribution < -0.4 is 14.4 Å². The van der Waals surface area contributed by atoms with Crippen molar-refractivity contribution in [1.82, 2.24) is 30.0 Å². The Hall–Kier alpha value is -4.49. The third-order valence-corrected chi connectivity index (χ3v) is 11.1. The number of pyridine rings is 1. The fourth-order valence-corrected chi connectivity index (χ4v) is 8.87.